The molecule has 3 heterocycles. The van der Waals surface area contributed by atoms with Gasteiger partial charge in [-0.25, -0.2) is 0 Å². The fourth-order valence-electron chi connectivity index (χ4n) is 4.01. The second kappa shape index (κ2) is 10.0. The average molecular weight is 495 g/mol. The Morgan fingerprint density at radius 1 is 1.09 bits per heavy atom. The lowest BCUT2D eigenvalue weighted by atomic mass is 9.95. The van der Waals surface area contributed by atoms with Crippen molar-refractivity contribution in [2.45, 2.75) is 22.9 Å². The number of thioether (sulfide) groups is 1. The third kappa shape index (κ3) is 5.10. The summed E-state index contributed by atoms with van der Waals surface area (Å²) in [6.45, 7) is 1.07. The minimum absolute atomic E-state index is 0.0209. The van der Waals surface area contributed by atoms with Crippen LogP contribution in [0, 0.1) is 5.92 Å². The smallest absolute Gasteiger partial charge is 0.254 e. The van der Waals surface area contributed by atoms with Crippen molar-refractivity contribution in [2.24, 2.45) is 5.92 Å². The summed E-state index contributed by atoms with van der Waals surface area (Å²) in [6, 6.07) is 17.8. The Morgan fingerprint density at radius 3 is 2.85 bits per heavy atom. The number of nitrogens with zero attached hydrogens (tertiary/aromatic N) is 3. The molecule has 0 bridgehead atoms. The second-order valence-electron chi connectivity index (χ2n) is 7.85. The Labute approximate surface area is 204 Å². The largest absolute Gasteiger partial charge is 0.338 e. The van der Waals surface area contributed by atoms with E-state index in [2.05, 4.69) is 27.0 Å². The van der Waals surface area contributed by atoms with Crippen molar-refractivity contribution in [3.8, 4) is 0 Å². The molecule has 1 atom stereocenters. The quantitative estimate of drug-likeness (QED) is 0.282. The molecule has 1 saturated heterocycles. The lowest BCUT2D eigenvalue weighted by Gasteiger charge is -2.32. The van der Waals surface area contributed by atoms with E-state index in [-0.39, 0.29) is 17.7 Å². The van der Waals surface area contributed by atoms with Crippen LogP contribution in [0.4, 0.5) is 5.13 Å². The molecule has 5 rings (SSSR count). The molecule has 1 aliphatic heterocycles. The van der Waals surface area contributed by atoms with E-state index in [1.165, 1.54) is 16.2 Å². The molecule has 0 spiro atoms. The summed E-state index contributed by atoms with van der Waals surface area (Å²) >= 11 is 4.71. The fraction of sp³-hybridized carbons (Fsp3) is 0.250. The van der Waals surface area contributed by atoms with E-state index in [0.717, 1.165) is 33.7 Å². The van der Waals surface area contributed by atoms with Crippen LogP contribution in [0.15, 0.2) is 64.3 Å². The molecular formula is C24H22N4O2S3. The van der Waals surface area contributed by atoms with Gasteiger partial charge in [0.1, 0.15) is 0 Å². The lowest BCUT2D eigenvalue weighted by molar-refractivity contribution is -0.121. The molecule has 2 aromatic heterocycles. The Kier molecular flexibility index (Phi) is 6.70. The summed E-state index contributed by atoms with van der Waals surface area (Å²) in [7, 11) is 0. The predicted molar refractivity (Wildman–Crippen MR) is 135 cm³/mol. The third-order valence-electron chi connectivity index (χ3n) is 5.65. The van der Waals surface area contributed by atoms with Crippen LogP contribution in [0.5, 0.6) is 0 Å². The molecule has 1 unspecified atom stereocenters. The van der Waals surface area contributed by atoms with Crippen LogP contribution in [0.2, 0.25) is 0 Å². The van der Waals surface area contributed by atoms with Crippen LogP contribution >= 0.6 is 34.4 Å². The van der Waals surface area contributed by atoms with Gasteiger partial charge in [-0.3, -0.25) is 9.59 Å². The van der Waals surface area contributed by atoms with Gasteiger partial charge in [-0.1, -0.05) is 65.6 Å². The fourth-order valence-corrected chi connectivity index (χ4v) is 6.54. The summed E-state index contributed by atoms with van der Waals surface area (Å²) in [6.07, 6.45) is 1.55. The highest BCUT2D eigenvalue weighted by molar-refractivity contribution is 8.00. The number of amides is 2. The summed E-state index contributed by atoms with van der Waals surface area (Å²) < 4.78 is 0.829. The summed E-state index contributed by atoms with van der Waals surface area (Å²) in [4.78, 5) is 29.3. The molecule has 1 aliphatic rings. The number of carbonyl (C=O) groups excluding carboxylic acids is 2. The first-order valence-electron chi connectivity index (χ1n) is 10.7. The van der Waals surface area contributed by atoms with Crippen LogP contribution in [0.1, 0.15) is 28.1 Å². The van der Waals surface area contributed by atoms with Crippen molar-refractivity contribution in [3.05, 3.63) is 70.4 Å². The molecule has 168 valence electrons. The number of nitrogens with one attached hydrogen (secondary N) is 1. The zero-order chi connectivity index (χ0) is 22.6. The van der Waals surface area contributed by atoms with E-state index in [1.54, 1.807) is 28.0 Å². The molecule has 2 amide bonds. The topological polar surface area (TPSA) is 75.2 Å². The third-order valence-corrected chi connectivity index (χ3v) is 8.73. The predicted octanol–water partition coefficient (Wildman–Crippen LogP) is 5.54. The monoisotopic (exact) mass is 494 g/mol. The minimum Gasteiger partial charge on any atom is -0.338 e. The number of thiophene rings is 1. The van der Waals surface area contributed by atoms with Gasteiger partial charge in [0, 0.05) is 29.3 Å². The first-order valence-corrected chi connectivity index (χ1v) is 13.4. The zero-order valence-corrected chi connectivity index (χ0v) is 20.2. The summed E-state index contributed by atoms with van der Waals surface area (Å²) in [5.41, 5.74) is 0.686. The Balaban J connectivity index is 1.21. The average Bonchev–Trinajstić information content (AvgIpc) is 3.54. The molecule has 4 aromatic rings. The lowest BCUT2D eigenvalue weighted by Crippen LogP contribution is -2.43. The zero-order valence-electron chi connectivity index (χ0n) is 17.8. The number of benzene rings is 2. The first-order chi connectivity index (χ1) is 16.2. The van der Waals surface area contributed by atoms with E-state index < -0.39 is 0 Å². The number of hydrogen-bond acceptors (Lipinski definition) is 7. The normalized spacial score (nSPS) is 16.1. The van der Waals surface area contributed by atoms with Gasteiger partial charge in [0.05, 0.1) is 5.92 Å². The van der Waals surface area contributed by atoms with Gasteiger partial charge >= 0.3 is 0 Å². The highest BCUT2D eigenvalue weighted by Crippen LogP contribution is 2.30. The van der Waals surface area contributed by atoms with Crippen molar-refractivity contribution in [3.63, 3.8) is 0 Å². The van der Waals surface area contributed by atoms with Crippen molar-refractivity contribution >= 4 is 62.2 Å². The van der Waals surface area contributed by atoms with Gasteiger partial charge in [0.25, 0.3) is 5.91 Å². The minimum atomic E-state index is -0.260. The molecular weight excluding hydrogens is 472 g/mol. The Hall–Kier alpha value is -2.75. The van der Waals surface area contributed by atoms with Gasteiger partial charge in [0.2, 0.25) is 11.0 Å². The number of aromatic nitrogens is 2. The van der Waals surface area contributed by atoms with Gasteiger partial charge in [-0.15, -0.1) is 21.5 Å². The van der Waals surface area contributed by atoms with Gasteiger partial charge < -0.3 is 10.2 Å². The number of rotatable bonds is 6. The van der Waals surface area contributed by atoms with E-state index >= 15 is 0 Å². The second-order valence-corrected chi connectivity index (χ2v) is 11.1. The highest BCUT2D eigenvalue weighted by Gasteiger charge is 2.30. The molecule has 0 aliphatic carbocycles. The first kappa shape index (κ1) is 22.1. The molecule has 9 heteroatoms. The van der Waals surface area contributed by atoms with Crippen LogP contribution in [-0.4, -0.2) is 40.0 Å². The molecule has 6 nitrogen and oxygen atoms in total. The molecule has 1 N–H and O–H groups in total. The van der Waals surface area contributed by atoms with Gasteiger partial charge in [-0.2, -0.15) is 0 Å². The van der Waals surface area contributed by atoms with Crippen molar-refractivity contribution < 1.29 is 9.59 Å². The molecule has 0 saturated carbocycles. The number of fused-ring (bicyclic) bond motifs is 1. The van der Waals surface area contributed by atoms with Crippen molar-refractivity contribution in [2.75, 3.05) is 18.4 Å². The van der Waals surface area contributed by atoms with Crippen molar-refractivity contribution in [1.82, 2.24) is 15.1 Å². The number of likely N-dealkylation sites (tertiary alicyclic amines) is 1. The van der Waals surface area contributed by atoms with Crippen LogP contribution in [0.25, 0.3) is 10.8 Å². The summed E-state index contributed by atoms with van der Waals surface area (Å²) in [5.74, 6) is 0.460. The number of piperidine rings is 1. The van der Waals surface area contributed by atoms with Crippen LogP contribution in [0.3, 0.4) is 0 Å². The Morgan fingerprint density at radius 2 is 1.97 bits per heavy atom. The standard InChI is InChI=1S/C24H22N4O2S3/c29-21(25-23-26-27-24(33-23)32-15-18-9-5-13-31-18)17-8-4-12-28(14-17)22(30)20-11-3-7-16-6-1-2-10-19(16)20/h1-3,5-7,9-11,13,17H,4,8,12,14-15H2,(H,25,26,29). The number of carbonyl (C=O) groups is 2. The summed E-state index contributed by atoms with van der Waals surface area (Å²) in [5, 5.41) is 15.8. The Bertz CT molecular complexity index is 1270. The number of hydrogen-bond donors (Lipinski definition) is 1. The van der Waals surface area contributed by atoms with Crippen molar-refractivity contribution in [1.29, 1.82) is 0 Å². The van der Waals surface area contributed by atoms with Gasteiger partial charge in [-0.05, 0) is 41.1 Å². The maximum atomic E-state index is 13.3. The van der Waals surface area contributed by atoms with Crippen LogP contribution in [-0.2, 0) is 10.5 Å². The highest BCUT2D eigenvalue weighted by atomic mass is 32.2. The van der Waals surface area contributed by atoms with Gasteiger partial charge in [0.15, 0.2) is 4.34 Å². The molecule has 1 fully saturated rings. The maximum Gasteiger partial charge on any atom is 0.254 e. The number of anilines is 1. The molecule has 33 heavy (non-hydrogen) atoms. The van der Waals surface area contributed by atoms with E-state index in [0.29, 0.717) is 23.8 Å². The molecule has 2 aromatic carbocycles. The SMILES string of the molecule is O=C(Nc1nnc(SCc2cccs2)s1)C1CCCN(C(=O)c2cccc3ccccc23)C1. The van der Waals surface area contributed by atoms with Crippen LogP contribution < -0.4 is 5.32 Å². The molecule has 0 radical (unpaired) electrons. The van der Waals surface area contributed by atoms with E-state index in [4.69, 9.17) is 0 Å². The van der Waals surface area contributed by atoms with E-state index in [9.17, 15) is 9.59 Å². The van der Waals surface area contributed by atoms with E-state index in [1.807, 2.05) is 48.5 Å². The maximum absolute atomic E-state index is 13.3.